The molecule has 1 unspecified atom stereocenters. The Bertz CT molecular complexity index is 354. The lowest BCUT2D eigenvalue weighted by molar-refractivity contribution is 0.169. The van der Waals surface area contributed by atoms with Crippen LogP contribution in [0.4, 0.5) is 0 Å². The Labute approximate surface area is 99.8 Å². The van der Waals surface area contributed by atoms with Gasteiger partial charge >= 0.3 is 0 Å². The summed E-state index contributed by atoms with van der Waals surface area (Å²) in [5.41, 5.74) is 0.894. The van der Waals surface area contributed by atoms with Gasteiger partial charge in [0.25, 0.3) is 0 Å². The zero-order valence-electron chi connectivity index (χ0n) is 9.31. The summed E-state index contributed by atoms with van der Waals surface area (Å²) in [6.45, 7) is 3.26. The first kappa shape index (κ1) is 11.6. The summed E-state index contributed by atoms with van der Waals surface area (Å²) in [6.07, 6.45) is -0.430. The van der Waals surface area contributed by atoms with Gasteiger partial charge in [-0.25, -0.2) is 0 Å². The fraction of sp³-hybridized carbons (Fsp3) is 0.500. The van der Waals surface area contributed by atoms with Gasteiger partial charge in [0.1, 0.15) is 13.2 Å². The Morgan fingerprint density at radius 1 is 1.31 bits per heavy atom. The lowest BCUT2D eigenvalue weighted by Crippen LogP contribution is -2.15. The van der Waals surface area contributed by atoms with Crippen LogP contribution in [0.5, 0.6) is 11.5 Å². The minimum absolute atomic E-state index is 0.430. The molecule has 1 aromatic rings. The molecule has 2 rings (SSSR count). The van der Waals surface area contributed by atoms with Crippen LogP contribution in [0, 0.1) is 0 Å². The number of rotatable bonds is 4. The Kier molecular flexibility index (Phi) is 3.96. The van der Waals surface area contributed by atoms with Crippen LogP contribution in [0.3, 0.4) is 0 Å². The Morgan fingerprint density at radius 2 is 2.06 bits per heavy atom. The van der Waals surface area contributed by atoms with Gasteiger partial charge in [0, 0.05) is 5.75 Å². The minimum atomic E-state index is -0.430. The van der Waals surface area contributed by atoms with Crippen LogP contribution < -0.4 is 9.47 Å². The van der Waals surface area contributed by atoms with Gasteiger partial charge in [-0.2, -0.15) is 11.8 Å². The molecular weight excluding hydrogens is 224 g/mol. The third kappa shape index (κ3) is 2.62. The van der Waals surface area contributed by atoms with Crippen molar-refractivity contribution < 1.29 is 14.6 Å². The average Bonchev–Trinajstić information content (AvgIpc) is 2.35. The van der Waals surface area contributed by atoms with Gasteiger partial charge in [-0.15, -0.1) is 0 Å². The molecule has 0 spiro atoms. The highest BCUT2D eigenvalue weighted by Gasteiger charge is 2.15. The zero-order chi connectivity index (χ0) is 11.4. The van der Waals surface area contributed by atoms with E-state index in [0.717, 1.165) is 28.6 Å². The zero-order valence-corrected chi connectivity index (χ0v) is 10.1. The predicted molar refractivity (Wildman–Crippen MR) is 65.4 cm³/mol. The van der Waals surface area contributed by atoms with E-state index in [0.29, 0.717) is 13.2 Å². The lowest BCUT2D eigenvalue weighted by Gasteiger charge is -2.20. The topological polar surface area (TPSA) is 38.7 Å². The molecule has 1 aromatic carbocycles. The second-order valence-corrected chi connectivity index (χ2v) is 4.90. The molecule has 0 amide bonds. The van der Waals surface area contributed by atoms with E-state index in [-0.39, 0.29) is 0 Å². The first-order chi connectivity index (χ1) is 7.81. The first-order valence-electron chi connectivity index (χ1n) is 5.46. The molecule has 0 radical (unpaired) electrons. The molecule has 3 nitrogen and oxygen atoms in total. The second-order valence-electron chi connectivity index (χ2n) is 3.58. The van der Waals surface area contributed by atoms with E-state index in [1.54, 1.807) is 11.8 Å². The second kappa shape index (κ2) is 5.46. The van der Waals surface area contributed by atoms with E-state index in [1.807, 2.05) is 18.2 Å². The van der Waals surface area contributed by atoms with Crippen LogP contribution in [0.25, 0.3) is 0 Å². The van der Waals surface area contributed by atoms with E-state index in [2.05, 4.69) is 6.92 Å². The molecular formula is C12H16O3S. The SMILES string of the molecule is CCSCC(O)c1ccc2c(c1)OCCO2. The summed E-state index contributed by atoms with van der Waals surface area (Å²) in [7, 11) is 0. The maximum Gasteiger partial charge on any atom is 0.161 e. The van der Waals surface area contributed by atoms with Gasteiger partial charge in [0.05, 0.1) is 6.10 Å². The maximum absolute atomic E-state index is 9.94. The highest BCUT2D eigenvalue weighted by Crippen LogP contribution is 2.33. The van der Waals surface area contributed by atoms with Crippen LogP contribution in [-0.4, -0.2) is 29.8 Å². The van der Waals surface area contributed by atoms with Crippen molar-refractivity contribution >= 4 is 11.8 Å². The van der Waals surface area contributed by atoms with E-state index in [9.17, 15) is 5.11 Å². The third-order valence-corrected chi connectivity index (χ3v) is 3.39. The van der Waals surface area contributed by atoms with Crippen molar-refractivity contribution in [1.82, 2.24) is 0 Å². The van der Waals surface area contributed by atoms with Crippen molar-refractivity contribution in [3.8, 4) is 11.5 Å². The number of benzene rings is 1. The highest BCUT2D eigenvalue weighted by atomic mass is 32.2. The Balaban J connectivity index is 2.10. The molecule has 1 aliphatic heterocycles. The van der Waals surface area contributed by atoms with Gasteiger partial charge in [-0.05, 0) is 23.4 Å². The van der Waals surface area contributed by atoms with Crippen LogP contribution in [0.1, 0.15) is 18.6 Å². The van der Waals surface area contributed by atoms with Crippen molar-refractivity contribution in [3.05, 3.63) is 23.8 Å². The van der Waals surface area contributed by atoms with Crippen molar-refractivity contribution in [3.63, 3.8) is 0 Å². The lowest BCUT2D eigenvalue weighted by atomic mass is 10.1. The first-order valence-corrected chi connectivity index (χ1v) is 6.62. The molecule has 0 fully saturated rings. The number of aliphatic hydroxyl groups excluding tert-OH is 1. The van der Waals surface area contributed by atoms with Crippen LogP contribution in [-0.2, 0) is 0 Å². The number of hydrogen-bond donors (Lipinski definition) is 1. The number of hydrogen-bond acceptors (Lipinski definition) is 4. The number of ether oxygens (including phenoxy) is 2. The molecule has 88 valence electrons. The van der Waals surface area contributed by atoms with Gasteiger partial charge in [-0.1, -0.05) is 13.0 Å². The van der Waals surface area contributed by atoms with Crippen molar-refractivity contribution in [2.45, 2.75) is 13.0 Å². The largest absolute Gasteiger partial charge is 0.486 e. The molecule has 1 heterocycles. The Morgan fingerprint density at radius 3 is 2.81 bits per heavy atom. The standard InChI is InChI=1S/C12H16O3S/c1-2-16-8-10(13)9-3-4-11-12(7-9)15-6-5-14-11/h3-4,7,10,13H,2,5-6,8H2,1H3. The highest BCUT2D eigenvalue weighted by molar-refractivity contribution is 7.99. The van der Waals surface area contributed by atoms with Gasteiger partial charge in [0.2, 0.25) is 0 Å². The van der Waals surface area contributed by atoms with E-state index >= 15 is 0 Å². The maximum atomic E-state index is 9.94. The summed E-state index contributed by atoms with van der Waals surface area (Å²) in [6, 6.07) is 5.63. The predicted octanol–water partition coefficient (Wildman–Crippen LogP) is 2.24. The summed E-state index contributed by atoms with van der Waals surface area (Å²) < 4.78 is 10.9. The van der Waals surface area contributed by atoms with E-state index in [1.165, 1.54) is 0 Å². The third-order valence-electron chi connectivity index (χ3n) is 2.43. The average molecular weight is 240 g/mol. The molecule has 1 aliphatic rings. The molecule has 0 saturated carbocycles. The quantitative estimate of drug-likeness (QED) is 0.876. The van der Waals surface area contributed by atoms with E-state index in [4.69, 9.17) is 9.47 Å². The summed E-state index contributed by atoms with van der Waals surface area (Å²) in [5, 5.41) is 9.94. The fourth-order valence-corrected chi connectivity index (χ4v) is 2.24. The minimum Gasteiger partial charge on any atom is -0.486 e. The number of fused-ring (bicyclic) bond motifs is 1. The summed E-state index contributed by atoms with van der Waals surface area (Å²) >= 11 is 1.73. The van der Waals surface area contributed by atoms with Crippen LogP contribution in [0.15, 0.2) is 18.2 Å². The van der Waals surface area contributed by atoms with Gasteiger partial charge in [-0.3, -0.25) is 0 Å². The van der Waals surface area contributed by atoms with Gasteiger partial charge in [0.15, 0.2) is 11.5 Å². The van der Waals surface area contributed by atoms with Crippen molar-refractivity contribution in [2.24, 2.45) is 0 Å². The number of aliphatic hydroxyl groups is 1. The summed E-state index contributed by atoms with van der Waals surface area (Å²) in [5.74, 6) is 3.24. The smallest absolute Gasteiger partial charge is 0.161 e. The normalized spacial score (nSPS) is 15.9. The monoisotopic (exact) mass is 240 g/mol. The van der Waals surface area contributed by atoms with Gasteiger partial charge < -0.3 is 14.6 Å². The fourth-order valence-electron chi connectivity index (χ4n) is 1.59. The van der Waals surface area contributed by atoms with Crippen molar-refractivity contribution in [1.29, 1.82) is 0 Å². The molecule has 1 atom stereocenters. The Hall–Kier alpha value is -0.870. The number of thioether (sulfide) groups is 1. The van der Waals surface area contributed by atoms with Crippen LogP contribution in [0.2, 0.25) is 0 Å². The van der Waals surface area contributed by atoms with Crippen LogP contribution >= 0.6 is 11.8 Å². The van der Waals surface area contributed by atoms with Crippen molar-refractivity contribution in [2.75, 3.05) is 24.7 Å². The molecule has 0 aliphatic carbocycles. The molecule has 4 heteroatoms. The summed E-state index contributed by atoms with van der Waals surface area (Å²) in [4.78, 5) is 0. The molecule has 0 bridgehead atoms. The molecule has 0 saturated heterocycles. The molecule has 0 aromatic heterocycles. The molecule has 16 heavy (non-hydrogen) atoms. The molecule has 1 N–H and O–H groups in total. The van der Waals surface area contributed by atoms with E-state index < -0.39 is 6.10 Å².